The second kappa shape index (κ2) is 12.8. The number of hydrogen-bond donors (Lipinski definition) is 1. The minimum atomic E-state index is -0.365. The van der Waals surface area contributed by atoms with Crippen molar-refractivity contribution in [2.45, 2.75) is 52.0 Å². The van der Waals surface area contributed by atoms with E-state index in [1.54, 1.807) is 12.1 Å². The second-order valence-corrected chi connectivity index (χ2v) is 10.3. The van der Waals surface area contributed by atoms with Gasteiger partial charge in [0.15, 0.2) is 11.5 Å². The van der Waals surface area contributed by atoms with Crippen LogP contribution in [0.5, 0.6) is 11.5 Å². The Balaban J connectivity index is 0.000000229. The molecule has 0 saturated carbocycles. The third kappa shape index (κ3) is 6.36. The minimum absolute atomic E-state index is 0.0807. The van der Waals surface area contributed by atoms with E-state index in [1.165, 1.54) is 28.9 Å². The van der Waals surface area contributed by atoms with Crippen molar-refractivity contribution >= 4 is 23.6 Å². The number of nitrogens with zero attached hydrogens (tertiary/aromatic N) is 1. The van der Waals surface area contributed by atoms with Crippen molar-refractivity contribution in [2.24, 2.45) is 0 Å². The molecule has 39 heavy (non-hydrogen) atoms. The Labute approximate surface area is 234 Å². The van der Waals surface area contributed by atoms with Crippen LogP contribution in [-0.2, 0) is 17.6 Å². The molecule has 0 amide bonds. The van der Waals surface area contributed by atoms with Gasteiger partial charge >= 0.3 is 0 Å². The van der Waals surface area contributed by atoms with Crippen molar-refractivity contribution in [3.8, 4) is 11.5 Å². The molecule has 3 aromatic carbocycles. The van der Waals surface area contributed by atoms with Crippen LogP contribution in [0.3, 0.4) is 0 Å². The van der Waals surface area contributed by atoms with Crippen LogP contribution >= 0.6 is 11.6 Å². The summed E-state index contributed by atoms with van der Waals surface area (Å²) in [6, 6.07) is 11.9. The standard InChI is InChI=1S/C20H19F2NO3.C11H16ClN/c1-12-2-3-14(16(21)6-12)18-7-13(10-23(18)4-5-24)15-8-19-20(9-17(15)22)26-11-25-19;1-4-8-6-10(12)7-9(5-2)11(8)13-3/h2-3,5-6,8-9,13,18H,4,7,10-11H2,1H3;6-7,13H,4-5H2,1-3H3/t13?,18-;/m1./s1. The van der Waals surface area contributed by atoms with Gasteiger partial charge in [0.05, 0.1) is 6.54 Å². The SMILES string of the molecule is CCc1cc(Cl)cc(CC)c1NC.Cc1ccc([C@H]2CC(c3cc4c(cc3F)OCO4)CN2CC=O)c(F)c1. The van der Waals surface area contributed by atoms with Gasteiger partial charge < -0.3 is 19.6 Å². The maximum absolute atomic E-state index is 14.6. The summed E-state index contributed by atoms with van der Waals surface area (Å²) in [5, 5.41) is 4.08. The zero-order valence-corrected chi connectivity index (χ0v) is 23.6. The predicted octanol–water partition coefficient (Wildman–Crippen LogP) is 7.24. The number of carbonyl (C=O) groups is 1. The van der Waals surface area contributed by atoms with Gasteiger partial charge in [0.25, 0.3) is 0 Å². The molecule has 0 radical (unpaired) electrons. The molecule has 2 heterocycles. The van der Waals surface area contributed by atoms with Crippen LogP contribution < -0.4 is 14.8 Å². The first-order valence-corrected chi connectivity index (χ1v) is 13.7. The Kier molecular flexibility index (Phi) is 9.46. The van der Waals surface area contributed by atoms with Crippen LogP contribution in [0.25, 0.3) is 0 Å². The fraction of sp³-hybridized carbons (Fsp3) is 0.387. The fourth-order valence-electron chi connectivity index (χ4n) is 5.50. The number of hydrogen-bond acceptors (Lipinski definition) is 5. The third-order valence-electron chi connectivity index (χ3n) is 7.44. The van der Waals surface area contributed by atoms with E-state index in [-0.39, 0.29) is 36.9 Å². The summed E-state index contributed by atoms with van der Waals surface area (Å²) in [7, 11) is 1.96. The number of fused-ring (bicyclic) bond motifs is 1. The van der Waals surface area contributed by atoms with Gasteiger partial charge in [-0.1, -0.05) is 37.6 Å². The van der Waals surface area contributed by atoms with E-state index < -0.39 is 0 Å². The van der Waals surface area contributed by atoms with Crippen molar-refractivity contribution in [3.05, 3.63) is 86.9 Å². The first kappa shape index (κ1) is 28.8. The highest BCUT2D eigenvalue weighted by molar-refractivity contribution is 6.30. The fourth-order valence-corrected chi connectivity index (χ4v) is 5.77. The lowest BCUT2D eigenvalue weighted by molar-refractivity contribution is -0.109. The lowest BCUT2D eigenvalue weighted by Crippen LogP contribution is -2.26. The Morgan fingerprint density at radius 1 is 1.00 bits per heavy atom. The number of likely N-dealkylation sites (tertiary alicyclic amines) is 1. The number of carbonyl (C=O) groups excluding carboxylic acids is 1. The van der Waals surface area contributed by atoms with Crippen LogP contribution in [0.15, 0.2) is 42.5 Å². The number of ether oxygens (including phenoxy) is 2. The van der Waals surface area contributed by atoms with Crippen LogP contribution in [0.2, 0.25) is 5.02 Å². The number of benzene rings is 3. The van der Waals surface area contributed by atoms with Crippen LogP contribution in [0, 0.1) is 18.6 Å². The Morgan fingerprint density at radius 3 is 2.23 bits per heavy atom. The Hall–Kier alpha value is -3.16. The Bertz CT molecular complexity index is 1310. The van der Waals surface area contributed by atoms with Crippen LogP contribution in [0.4, 0.5) is 14.5 Å². The molecule has 1 fully saturated rings. The summed E-state index contributed by atoms with van der Waals surface area (Å²) in [5.74, 6) is 0.103. The Morgan fingerprint density at radius 2 is 1.64 bits per heavy atom. The molecule has 2 atom stereocenters. The molecule has 1 N–H and O–H groups in total. The number of anilines is 1. The van der Waals surface area contributed by atoms with Gasteiger partial charge in [-0.2, -0.15) is 0 Å². The summed E-state index contributed by atoms with van der Waals surface area (Å²) in [6.07, 6.45) is 3.37. The maximum atomic E-state index is 14.6. The predicted molar refractivity (Wildman–Crippen MR) is 151 cm³/mol. The molecule has 0 bridgehead atoms. The van der Waals surface area contributed by atoms with E-state index in [9.17, 15) is 13.6 Å². The summed E-state index contributed by atoms with van der Waals surface area (Å²) >= 11 is 6.01. The largest absolute Gasteiger partial charge is 0.454 e. The molecular formula is C31H35ClF2N2O3. The van der Waals surface area contributed by atoms with E-state index in [4.69, 9.17) is 21.1 Å². The normalized spacial score (nSPS) is 18.0. The van der Waals surface area contributed by atoms with Gasteiger partial charge in [0.1, 0.15) is 17.9 Å². The highest BCUT2D eigenvalue weighted by atomic mass is 35.5. The molecule has 1 unspecified atom stereocenters. The van der Waals surface area contributed by atoms with Crippen molar-refractivity contribution in [1.29, 1.82) is 0 Å². The van der Waals surface area contributed by atoms with E-state index in [0.717, 1.165) is 29.7 Å². The topological polar surface area (TPSA) is 50.8 Å². The van der Waals surface area contributed by atoms with E-state index in [0.29, 0.717) is 35.6 Å². The average Bonchev–Trinajstić information content (AvgIpc) is 3.54. The van der Waals surface area contributed by atoms with E-state index in [1.807, 2.05) is 37.1 Å². The third-order valence-corrected chi connectivity index (χ3v) is 7.66. The van der Waals surface area contributed by atoms with Gasteiger partial charge in [-0.05, 0) is 72.7 Å². The van der Waals surface area contributed by atoms with Gasteiger partial charge in [-0.3, -0.25) is 4.90 Å². The molecule has 2 aliphatic heterocycles. The molecule has 1 saturated heterocycles. The highest BCUT2D eigenvalue weighted by Gasteiger charge is 2.37. The van der Waals surface area contributed by atoms with E-state index in [2.05, 4.69) is 19.2 Å². The molecule has 8 heteroatoms. The van der Waals surface area contributed by atoms with Gasteiger partial charge in [0.2, 0.25) is 6.79 Å². The highest BCUT2D eigenvalue weighted by Crippen LogP contribution is 2.44. The lowest BCUT2D eigenvalue weighted by Gasteiger charge is -2.22. The summed E-state index contributed by atoms with van der Waals surface area (Å²) in [5.41, 5.74) is 5.74. The zero-order chi connectivity index (χ0) is 28.1. The first-order valence-electron chi connectivity index (χ1n) is 13.3. The van der Waals surface area contributed by atoms with Gasteiger partial charge in [-0.15, -0.1) is 0 Å². The molecule has 5 nitrogen and oxygen atoms in total. The number of aryl methyl sites for hydroxylation is 3. The molecule has 2 aliphatic rings. The molecule has 3 aromatic rings. The zero-order valence-electron chi connectivity index (χ0n) is 22.8. The number of nitrogens with one attached hydrogen (secondary N) is 1. The lowest BCUT2D eigenvalue weighted by atomic mass is 9.92. The summed E-state index contributed by atoms with van der Waals surface area (Å²) in [6.45, 7) is 6.86. The van der Waals surface area contributed by atoms with Crippen LogP contribution in [0.1, 0.15) is 60.0 Å². The first-order chi connectivity index (χ1) is 18.8. The quantitative estimate of drug-likeness (QED) is 0.311. The minimum Gasteiger partial charge on any atom is -0.454 e. The molecule has 0 aromatic heterocycles. The smallest absolute Gasteiger partial charge is 0.231 e. The number of rotatable bonds is 7. The van der Waals surface area contributed by atoms with Crippen molar-refractivity contribution in [1.82, 2.24) is 4.90 Å². The molecule has 0 aliphatic carbocycles. The van der Waals surface area contributed by atoms with Crippen molar-refractivity contribution in [3.63, 3.8) is 0 Å². The van der Waals surface area contributed by atoms with Crippen LogP contribution in [-0.4, -0.2) is 38.1 Å². The van der Waals surface area contributed by atoms with E-state index >= 15 is 0 Å². The summed E-state index contributed by atoms with van der Waals surface area (Å²) < 4.78 is 39.6. The summed E-state index contributed by atoms with van der Waals surface area (Å²) in [4.78, 5) is 13.0. The number of halogens is 3. The molecule has 208 valence electrons. The average molecular weight is 557 g/mol. The monoisotopic (exact) mass is 556 g/mol. The number of aldehydes is 1. The van der Waals surface area contributed by atoms with Crippen molar-refractivity contribution < 1.29 is 23.0 Å². The molecule has 5 rings (SSSR count). The van der Waals surface area contributed by atoms with Crippen molar-refractivity contribution in [2.75, 3.05) is 32.2 Å². The maximum Gasteiger partial charge on any atom is 0.231 e. The molecule has 0 spiro atoms. The van der Waals surface area contributed by atoms with Gasteiger partial charge in [-0.25, -0.2) is 8.78 Å². The second-order valence-electron chi connectivity index (χ2n) is 9.88. The van der Waals surface area contributed by atoms with Gasteiger partial charge in [0, 0.05) is 47.9 Å². The molecular weight excluding hydrogens is 522 g/mol.